The monoisotopic (exact) mass is 305 g/mol. The highest BCUT2D eigenvalue weighted by Gasteiger charge is 2.12. The Morgan fingerprint density at radius 2 is 1.48 bits per heavy atom. The summed E-state index contributed by atoms with van der Waals surface area (Å²) in [6.07, 6.45) is 0. The number of nitrogens with zero attached hydrogens (tertiary/aromatic N) is 1. The summed E-state index contributed by atoms with van der Waals surface area (Å²) >= 11 is 0. The first-order chi connectivity index (χ1) is 9.88. The molecule has 0 bridgehead atoms. The number of hydrogen-bond acceptors (Lipinski definition) is 3. The van der Waals surface area contributed by atoms with Gasteiger partial charge in [-0.05, 0) is 42.8 Å². The first-order valence-corrected chi connectivity index (χ1v) is 7.95. The van der Waals surface area contributed by atoms with Gasteiger partial charge in [0.15, 0.2) is 0 Å². The SMILES string of the molecule is Cc1ccccc1Nc1ccc(NS(=O)(=O)N(C)C)cc1. The van der Waals surface area contributed by atoms with E-state index in [0.717, 1.165) is 21.2 Å². The van der Waals surface area contributed by atoms with Crippen LogP contribution < -0.4 is 10.0 Å². The maximum absolute atomic E-state index is 11.7. The first kappa shape index (κ1) is 15.3. The number of para-hydroxylation sites is 1. The molecule has 0 saturated heterocycles. The van der Waals surface area contributed by atoms with Gasteiger partial charge in [-0.3, -0.25) is 4.72 Å². The third kappa shape index (κ3) is 3.96. The third-order valence-corrected chi connectivity index (χ3v) is 4.49. The quantitative estimate of drug-likeness (QED) is 0.893. The standard InChI is InChI=1S/C15H19N3O2S/c1-12-6-4-5-7-15(12)16-13-8-10-14(11-9-13)17-21(19,20)18(2)3/h4-11,16-17H,1-3H3. The van der Waals surface area contributed by atoms with Crippen molar-refractivity contribution in [3.05, 3.63) is 54.1 Å². The second kappa shape index (κ2) is 6.15. The summed E-state index contributed by atoms with van der Waals surface area (Å²) in [5.74, 6) is 0. The van der Waals surface area contributed by atoms with Crippen LogP contribution >= 0.6 is 0 Å². The summed E-state index contributed by atoms with van der Waals surface area (Å²) in [4.78, 5) is 0. The van der Waals surface area contributed by atoms with Crippen LogP contribution in [0.4, 0.5) is 17.1 Å². The molecule has 2 aromatic rings. The second-order valence-corrected chi connectivity index (χ2v) is 6.79. The predicted octanol–water partition coefficient (Wildman–Crippen LogP) is 2.96. The van der Waals surface area contributed by atoms with Crippen LogP contribution in [0, 0.1) is 6.92 Å². The zero-order chi connectivity index (χ0) is 15.5. The van der Waals surface area contributed by atoms with Crippen molar-refractivity contribution in [2.45, 2.75) is 6.92 Å². The van der Waals surface area contributed by atoms with Gasteiger partial charge in [0.1, 0.15) is 0 Å². The molecule has 0 amide bonds. The molecule has 21 heavy (non-hydrogen) atoms. The molecule has 5 nitrogen and oxygen atoms in total. The highest BCUT2D eigenvalue weighted by atomic mass is 32.2. The lowest BCUT2D eigenvalue weighted by molar-refractivity contribution is 0.527. The number of nitrogens with one attached hydrogen (secondary N) is 2. The molecule has 112 valence electrons. The van der Waals surface area contributed by atoms with E-state index in [1.54, 1.807) is 12.1 Å². The van der Waals surface area contributed by atoms with Gasteiger partial charge in [0.25, 0.3) is 0 Å². The minimum Gasteiger partial charge on any atom is -0.355 e. The van der Waals surface area contributed by atoms with Gasteiger partial charge in [-0.1, -0.05) is 18.2 Å². The molecule has 2 rings (SSSR count). The van der Waals surface area contributed by atoms with Crippen LogP contribution in [0.3, 0.4) is 0 Å². The van der Waals surface area contributed by atoms with Crippen LogP contribution in [0.25, 0.3) is 0 Å². The van der Waals surface area contributed by atoms with Gasteiger partial charge in [0, 0.05) is 31.2 Å². The van der Waals surface area contributed by atoms with Gasteiger partial charge < -0.3 is 5.32 Å². The minimum absolute atomic E-state index is 0.527. The molecule has 6 heteroatoms. The number of aryl methyl sites for hydroxylation is 1. The van der Waals surface area contributed by atoms with Gasteiger partial charge in [0.05, 0.1) is 0 Å². The predicted molar refractivity (Wildman–Crippen MR) is 87.1 cm³/mol. The molecule has 0 aromatic heterocycles. The average Bonchev–Trinajstić information content (AvgIpc) is 2.43. The van der Waals surface area contributed by atoms with Crippen molar-refractivity contribution in [3.8, 4) is 0 Å². The largest absolute Gasteiger partial charge is 0.355 e. The van der Waals surface area contributed by atoms with Crippen molar-refractivity contribution in [3.63, 3.8) is 0 Å². The maximum atomic E-state index is 11.7. The fourth-order valence-electron chi connectivity index (χ4n) is 1.73. The van der Waals surface area contributed by atoms with E-state index in [0.29, 0.717) is 5.69 Å². The van der Waals surface area contributed by atoms with Crippen molar-refractivity contribution in [2.24, 2.45) is 0 Å². The van der Waals surface area contributed by atoms with Crippen LogP contribution in [0.2, 0.25) is 0 Å². The van der Waals surface area contributed by atoms with Crippen LogP contribution in [0.1, 0.15) is 5.56 Å². The highest BCUT2D eigenvalue weighted by Crippen LogP contribution is 2.22. The summed E-state index contributed by atoms with van der Waals surface area (Å²) in [7, 11) is -0.502. The molecule has 2 aromatic carbocycles. The lowest BCUT2D eigenvalue weighted by atomic mass is 10.2. The number of benzene rings is 2. The normalized spacial score (nSPS) is 11.4. The summed E-state index contributed by atoms with van der Waals surface area (Å²) in [6.45, 7) is 2.03. The van der Waals surface area contributed by atoms with E-state index in [4.69, 9.17) is 0 Å². The van der Waals surface area contributed by atoms with Crippen molar-refractivity contribution in [1.82, 2.24) is 4.31 Å². The zero-order valence-corrected chi connectivity index (χ0v) is 13.1. The number of hydrogen-bond donors (Lipinski definition) is 2. The molecule has 0 aliphatic rings. The third-order valence-electron chi connectivity index (χ3n) is 3.04. The van der Waals surface area contributed by atoms with E-state index in [1.807, 2.05) is 43.3 Å². The Hall–Kier alpha value is -2.05. The highest BCUT2D eigenvalue weighted by molar-refractivity contribution is 7.90. The van der Waals surface area contributed by atoms with E-state index in [9.17, 15) is 8.42 Å². The van der Waals surface area contributed by atoms with Crippen LogP contribution in [0.15, 0.2) is 48.5 Å². The van der Waals surface area contributed by atoms with Gasteiger partial charge in [0.2, 0.25) is 0 Å². The molecule has 0 radical (unpaired) electrons. The van der Waals surface area contributed by atoms with Crippen LogP contribution in [0.5, 0.6) is 0 Å². The van der Waals surface area contributed by atoms with E-state index in [2.05, 4.69) is 10.0 Å². The van der Waals surface area contributed by atoms with E-state index < -0.39 is 10.2 Å². The first-order valence-electron chi connectivity index (χ1n) is 6.51. The Labute approximate surface area is 125 Å². The lowest BCUT2D eigenvalue weighted by Crippen LogP contribution is -2.28. The summed E-state index contributed by atoms with van der Waals surface area (Å²) in [6, 6.07) is 15.1. The van der Waals surface area contributed by atoms with Gasteiger partial charge in [-0.25, -0.2) is 0 Å². The lowest BCUT2D eigenvalue weighted by Gasteiger charge is -2.14. The average molecular weight is 305 g/mol. The molecular formula is C15H19N3O2S. The smallest absolute Gasteiger partial charge is 0.301 e. The van der Waals surface area contributed by atoms with Gasteiger partial charge >= 0.3 is 10.2 Å². The Kier molecular flexibility index (Phi) is 4.50. The van der Waals surface area contributed by atoms with E-state index in [1.165, 1.54) is 14.1 Å². The summed E-state index contributed by atoms with van der Waals surface area (Å²) in [5.41, 5.74) is 3.60. The molecule has 0 unspecified atom stereocenters. The molecule has 0 spiro atoms. The maximum Gasteiger partial charge on any atom is 0.301 e. The molecule has 0 saturated carbocycles. The second-order valence-electron chi connectivity index (χ2n) is 4.91. The number of anilines is 3. The molecule has 0 aliphatic heterocycles. The Morgan fingerprint density at radius 1 is 0.905 bits per heavy atom. The molecule has 0 heterocycles. The Bertz CT molecular complexity index is 710. The van der Waals surface area contributed by atoms with E-state index >= 15 is 0 Å². The zero-order valence-electron chi connectivity index (χ0n) is 12.3. The molecule has 0 atom stereocenters. The van der Waals surface area contributed by atoms with Crippen molar-refractivity contribution in [2.75, 3.05) is 24.1 Å². The van der Waals surface area contributed by atoms with Crippen molar-refractivity contribution >= 4 is 27.3 Å². The Morgan fingerprint density at radius 3 is 2.05 bits per heavy atom. The fraction of sp³-hybridized carbons (Fsp3) is 0.200. The van der Waals surface area contributed by atoms with Gasteiger partial charge in [-0.2, -0.15) is 12.7 Å². The molecular weight excluding hydrogens is 286 g/mol. The summed E-state index contributed by atoms with van der Waals surface area (Å²) < 4.78 is 27.1. The molecule has 2 N–H and O–H groups in total. The van der Waals surface area contributed by atoms with Crippen LogP contribution in [-0.4, -0.2) is 26.8 Å². The number of rotatable bonds is 5. The summed E-state index contributed by atoms with van der Waals surface area (Å²) in [5, 5.41) is 3.30. The van der Waals surface area contributed by atoms with Gasteiger partial charge in [-0.15, -0.1) is 0 Å². The molecule has 0 fully saturated rings. The minimum atomic E-state index is -3.47. The van der Waals surface area contributed by atoms with Crippen molar-refractivity contribution in [1.29, 1.82) is 0 Å². The topological polar surface area (TPSA) is 61.4 Å². The van der Waals surface area contributed by atoms with Crippen LogP contribution in [-0.2, 0) is 10.2 Å². The Balaban J connectivity index is 2.11. The fourth-order valence-corrected chi connectivity index (χ4v) is 2.35. The van der Waals surface area contributed by atoms with E-state index in [-0.39, 0.29) is 0 Å². The van der Waals surface area contributed by atoms with Crippen molar-refractivity contribution < 1.29 is 8.42 Å². The molecule has 0 aliphatic carbocycles.